The van der Waals surface area contributed by atoms with Crippen molar-refractivity contribution < 1.29 is 0 Å². The zero-order valence-corrected chi connectivity index (χ0v) is 29.3. The smallest absolute Gasteiger partial charge is 0.0139 e. The molecule has 0 saturated heterocycles. The SMILES string of the molecule is c1ccc(PC(CCP(c2ccccc2)c2ccccc2)(CCP(c2ccccc2)c2ccccc2)Pc2ccccc2)cc1. The summed E-state index contributed by atoms with van der Waals surface area (Å²) in [6.07, 6.45) is 4.79. The quantitative estimate of drug-likeness (QED) is 0.103. The van der Waals surface area contributed by atoms with Crippen molar-refractivity contribution >= 4 is 64.8 Å². The van der Waals surface area contributed by atoms with Gasteiger partial charge in [-0.25, -0.2) is 0 Å². The predicted molar refractivity (Wildman–Crippen MR) is 209 cm³/mol. The molecule has 2 unspecified atom stereocenters. The highest BCUT2D eigenvalue weighted by Crippen LogP contribution is 2.55. The number of hydrogen-bond acceptors (Lipinski definition) is 0. The van der Waals surface area contributed by atoms with Crippen molar-refractivity contribution in [2.45, 2.75) is 17.7 Å². The van der Waals surface area contributed by atoms with Gasteiger partial charge in [-0.05, 0) is 72.8 Å². The Balaban J connectivity index is 1.39. The van der Waals surface area contributed by atoms with Crippen LogP contribution in [0.1, 0.15) is 12.8 Å². The van der Waals surface area contributed by atoms with Crippen molar-refractivity contribution in [2.24, 2.45) is 0 Å². The van der Waals surface area contributed by atoms with E-state index in [4.69, 9.17) is 0 Å². The molecule has 2 atom stereocenters. The molecule has 6 rings (SSSR count). The van der Waals surface area contributed by atoms with Crippen LogP contribution in [-0.4, -0.2) is 17.2 Å². The van der Waals surface area contributed by atoms with E-state index < -0.39 is 15.8 Å². The Morgan fingerprint density at radius 2 is 0.578 bits per heavy atom. The van der Waals surface area contributed by atoms with Crippen molar-refractivity contribution in [1.82, 2.24) is 0 Å². The van der Waals surface area contributed by atoms with Crippen LogP contribution < -0.4 is 31.8 Å². The summed E-state index contributed by atoms with van der Waals surface area (Å²) in [6, 6.07) is 67.7. The molecule has 0 radical (unpaired) electrons. The maximum Gasteiger partial charge on any atom is 0.0139 e. The Kier molecular flexibility index (Phi) is 11.8. The average molecular weight is 657 g/mol. The summed E-state index contributed by atoms with van der Waals surface area (Å²) in [5.74, 6) is 0. The fraction of sp³-hybridized carbons (Fsp3) is 0.122. The molecule has 0 nitrogen and oxygen atoms in total. The highest BCUT2D eigenvalue weighted by Gasteiger charge is 2.33. The Hall–Kier alpha value is -2.96. The van der Waals surface area contributed by atoms with E-state index in [0.717, 1.165) is 17.2 Å². The molecule has 0 bridgehead atoms. The molecular weight excluding hydrogens is 616 g/mol. The predicted octanol–water partition coefficient (Wildman–Crippen LogP) is 8.74. The van der Waals surface area contributed by atoms with E-state index in [1.807, 2.05) is 0 Å². The molecule has 45 heavy (non-hydrogen) atoms. The van der Waals surface area contributed by atoms with E-state index in [9.17, 15) is 0 Å². The molecule has 4 heteroatoms. The summed E-state index contributed by atoms with van der Waals surface area (Å²) in [6.45, 7) is 0. The van der Waals surface area contributed by atoms with Crippen molar-refractivity contribution in [3.05, 3.63) is 182 Å². The largest absolute Gasteiger partial charge is 0.0795 e. The summed E-state index contributed by atoms with van der Waals surface area (Å²) in [7, 11) is 0.581. The first kappa shape index (κ1) is 32.0. The summed E-state index contributed by atoms with van der Waals surface area (Å²) >= 11 is 0. The third-order valence-corrected chi connectivity index (χ3v) is 17.1. The molecule has 0 saturated carbocycles. The van der Waals surface area contributed by atoms with Crippen molar-refractivity contribution in [3.63, 3.8) is 0 Å². The second-order valence-electron chi connectivity index (χ2n) is 11.2. The van der Waals surface area contributed by atoms with Gasteiger partial charge in [0.25, 0.3) is 0 Å². The van der Waals surface area contributed by atoms with Gasteiger partial charge in [0.05, 0.1) is 0 Å². The minimum absolute atomic E-state index is 0.178. The summed E-state index contributed by atoms with van der Waals surface area (Å²) < 4.78 is 0. The fourth-order valence-corrected chi connectivity index (χ4v) is 15.6. The van der Waals surface area contributed by atoms with Crippen LogP contribution >= 0.6 is 33.0 Å². The molecule has 0 amide bonds. The highest BCUT2D eigenvalue weighted by atomic mass is 31.1. The normalized spacial score (nSPS) is 12.1. The Labute approximate surface area is 275 Å². The Morgan fingerprint density at radius 3 is 0.844 bits per heavy atom. The van der Waals surface area contributed by atoms with E-state index in [2.05, 4.69) is 182 Å². The van der Waals surface area contributed by atoms with E-state index >= 15 is 0 Å². The van der Waals surface area contributed by atoms with Crippen LogP contribution in [0.25, 0.3) is 0 Å². The molecule has 6 aromatic carbocycles. The van der Waals surface area contributed by atoms with E-state index in [1.54, 1.807) is 0 Å². The van der Waals surface area contributed by atoms with E-state index in [-0.39, 0.29) is 4.90 Å². The zero-order valence-electron chi connectivity index (χ0n) is 25.5. The topological polar surface area (TPSA) is 0 Å². The average Bonchev–Trinajstić information content (AvgIpc) is 3.11. The van der Waals surface area contributed by atoms with Gasteiger partial charge in [-0.3, -0.25) is 0 Å². The first-order chi connectivity index (χ1) is 22.3. The molecule has 0 heterocycles. The monoisotopic (exact) mass is 656 g/mol. The second-order valence-corrected chi connectivity index (χ2v) is 20.0. The summed E-state index contributed by atoms with van der Waals surface area (Å²) in [4.78, 5) is 0.178. The van der Waals surface area contributed by atoms with Crippen LogP contribution in [0.5, 0.6) is 0 Å². The number of benzene rings is 6. The maximum atomic E-state index is 2.36. The van der Waals surface area contributed by atoms with Crippen LogP contribution in [0.2, 0.25) is 0 Å². The van der Waals surface area contributed by atoms with Gasteiger partial charge in [0.2, 0.25) is 0 Å². The Bertz CT molecular complexity index is 1470. The van der Waals surface area contributed by atoms with E-state index in [1.165, 1.54) is 57.0 Å². The maximum absolute atomic E-state index is 2.36. The molecule has 0 spiro atoms. The molecule has 0 aromatic heterocycles. The number of hydrogen-bond donors (Lipinski definition) is 0. The van der Waals surface area contributed by atoms with Gasteiger partial charge >= 0.3 is 0 Å². The van der Waals surface area contributed by atoms with Gasteiger partial charge in [0.1, 0.15) is 0 Å². The van der Waals surface area contributed by atoms with Gasteiger partial charge in [-0.1, -0.05) is 199 Å². The van der Waals surface area contributed by atoms with Gasteiger partial charge in [0.15, 0.2) is 0 Å². The third kappa shape index (κ3) is 9.07. The molecule has 0 fully saturated rings. The summed E-state index contributed by atoms with van der Waals surface area (Å²) in [5, 5.41) is 8.88. The van der Waals surface area contributed by atoms with Gasteiger partial charge in [-0.15, -0.1) is 0 Å². The van der Waals surface area contributed by atoms with Crippen molar-refractivity contribution in [1.29, 1.82) is 0 Å². The number of rotatable bonds is 14. The fourth-order valence-electron chi connectivity index (χ4n) is 5.85. The molecule has 6 aromatic rings. The van der Waals surface area contributed by atoms with Crippen LogP contribution in [0, 0.1) is 0 Å². The van der Waals surface area contributed by atoms with Crippen LogP contribution in [-0.2, 0) is 0 Å². The minimum Gasteiger partial charge on any atom is -0.0795 e. The third-order valence-electron chi connectivity index (χ3n) is 8.11. The lowest BCUT2D eigenvalue weighted by molar-refractivity contribution is 0.742. The second kappa shape index (κ2) is 16.6. The van der Waals surface area contributed by atoms with Crippen molar-refractivity contribution in [3.8, 4) is 0 Å². The first-order valence-corrected chi connectivity index (χ1v) is 20.8. The first-order valence-electron chi connectivity index (χ1n) is 15.7. The van der Waals surface area contributed by atoms with Crippen LogP contribution in [0.3, 0.4) is 0 Å². The minimum atomic E-state index is -0.464. The molecule has 224 valence electrons. The van der Waals surface area contributed by atoms with E-state index in [0.29, 0.717) is 0 Å². The highest BCUT2D eigenvalue weighted by molar-refractivity contribution is 7.74. The van der Waals surface area contributed by atoms with Gasteiger partial charge in [0, 0.05) is 4.90 Å². The van der Waals surface area contributed by atoms with Crippen LogP contribution in [0.15, 0.2) is 182 Å². The van der Waals surface area contributed by atoms with Gasteiger partial charge in [-0.2, -0.15) is 0 Å². The molecule has 0 aliphatic carbocycles. The lowest BCUT2D eigenvalue weighted by Crippen LogP contribution is -2.28. The zero-order chi connectivity index (χ0) is 30.6. The van der Waals surface area contributed by atoms with Gasteiger partial charge < -0.3 is 0 Å². The lowest BCUT2D eigenvalue weighted by Gasteiger charge is -2.37. The van der Waals surface area contributed by atoms with Crippen molar-refractivity contribution in [2.75, 3.05) is 12.3 Å². The lowest BCUT2D eigenvalue weighted by atomic mass is 10.2. The Morgan fingerprint density at radius 1 is 0.333 bits per heavy atom. The standard InChI is InChI=1S/C41H40P4/c1-7-19-35(20-8-1)42-41(43-36-21-9-2-10-22-36,31-33-44(37-23-11-3-12-24-37)38-25-13-4-14-26-38)32-34-45(39-27-15-5-16-28-39)40-29-17-6-18-30-40/h1-30,42-43H,31-34H2. The summed E-state index contributed by atoms with van der Waals surface area (Å²) in [5.41, 5.74) is 0. The van der Waals surface area contributed by atoms with Crippen LogP contribution in [0.4, 0.5) is 0 Å². The molecule has 0 N–H and O–H groups in total. The molecule has 0 aliphatic rings. The molecular formula is C41H40P4. The molecule has 0 aliphatic heterocycles.